The molecule has 6 atom stereocenters. The van der Waals surface area contributed by atoms with Gasteiger partial charge in [-0.3, -0.25) is 37.3 Å². The van der Waals surface area contributed by atoms with Crippen molar-refractivity contribution in [2.24, 2.45) is 17.8 Å². The molecule has 101 heavy (non-hydrogen) atoms. The summed E-state index contributed by atoms with van der Waals surface area (Å²) in [5.41, 5.74) is 0. The van der Waals surface area contributed by atoms with Crippen LogP contribution in [0.15, 0.2) is 0 Å². The van der Waals surface area contributed by atoms with Gasteiger partial charge in [0.15, 0.2) is 12.2 Å². The van der Waals surface area contributed by atoms with Crippen LogP contribution in [0.4, 0.5) is 0 Å². The highest BCUT2D eigenvalue weighted by atomic mass is 31.2. The molecule has 600 valence electrons. The lowest BCUT2D eigenvalue weighted by Crippen LogP contribution is -2.30. The molecule has 0 rings (SSSR count). The minimum Gasteiger partial charge on any atom is -0.462 e. The average Bonchev–Trinajstić information content (AvgIpc) is 0.945. The zero-order valence-corrected chi connectivity index (χ0v) is 68.2. The number of esters is 4. The summed E-state index contributed by atoms with van der Waals surface area (Å²) in [5, 5.41) is 10.7. The van der Waals surface area contributed by atoms with Crippen LogP contribution in [0, 0.1) is 17.8 Å². The fraction of sp³-hybridized carbons (Fsp3) is 0.951. The first-order valence-corrected chi connectivity index (χ1v) is 45.4. The number of hydrogen-bond acceptors (Lipinski definition) is 15. The van der Waals surface area contributed by atoms with Crippen molar-refractivity contribution in [3.05, 3.63) is 0 Å². The first-order chi connectivity index (χ1) is 48.8. The zero-order valence-electron chi connectivity index (χ0n) is 66.4. The van der Waals surface area contributed by atoms with E-state index in [1.54, 1.807) is 0 Å². The number of hydrogen-bond donors (Lipinski definition) is 3. The lowest BCUT2D eigenvalue weighted by molar-refractivity contribution is -0.161. The summed E-state index contributed by atoms with van der Waals surface area (Å²) < 4.78 is 68.8. The molecule has 0 aromatic carbocycles. The van der Waals surface area contributed by atoms with Crippen molar-refractivity contribution in [2.45, 2.75) is 446 Å². The number of aliphatic hydroxyl groups excluding tert-OH is 1. The van der Waals surface area contributed by atoms with E-state index in [0.29, 0.717) is 25.7 Å². The Labute approximate surface area is 619 Å². The fourth-order valence-corrected chi connectivity index (χ4v) is 14.2. The summed E-state index contributed by atoms with van der Waals surface area (Å²) >= 11 is 0. The molecule has 3 N–H and O–H groups in total. The number of aliphatic hydroxyl groups is 1. The van der Waals surface area contributed by atoms with Crippen LogP contribution in [0.2, 0.25) is 0 Å². The molecule has 0 aliphatic heterocycles. The molecule has 0 heterocycles. The Balaban J connectivity index is 5.27. The number of phosphoric acid groups is 2. The molecule has 3 unspecified atom stereocenters. The molecular formula is C82H160O17P2. The molecule has 0 aromatic rings. The molecule has 0 saturated carbocycles. The van der Waals surface area contributed by atoms with Crippen LogP contribution in [0.25, 0.3) is 0 Å². The van der Waals surface area contributed by atoms with E-state index < -0.39 is 97.5 Å². The van der Waals surface area contributed by atoms with Gasteiger partial charge in [-0.25, -0.2) is 9.13 Å². The Kier molecular flexibility index (Phi) is 70.9. The molecule has 0 aliphatic rings. The summed E-state index contributed by atoms with van der Waals surface area (Å²) in [4.78, 5) is 73.1. The molecule has 0 saturated heterocycles. The second-order valence-corrected chi connectivity index (χ2v) is 33.6. The van der Waals surface area contributed by atoms with Crippen molar-refractivity contribution in [3.8, 4) is 0 Å². The van der Waals surface area contributed by atoms with Crippen molar-refractivity contribution in [2.75, 3.05) is 39.6 Å². The largest absolute Gasteiger partial charge is 0.472 e. The van der Waals surface area contributed by atoms with Crippen molar-refractivity contribution in [1.29, 1.82) is 0 Å². The van der Waals surface area contributed by atoms with Crippen molar-refractivity contribution in [1.82, 2.24) is 0 Å². The van der Waals surface area contributed by atoms with Crippen LogP contribution in [0.3, 0.4) is 0 Å². The maximum absolute atomic E-state index is 13.1. The molecule has 0 aliphatic carbocycles. The van der Waals surface area contributed by atoms with Gasteiger partial charge in [-0.2, -0.15) is 0 Å². The van der Waals surface area contributed by atoms with E-state index in [9.17, 15) is 43.2 Å². The topological polar surface area (TPSA) is 237 Å². The zero-order chi connectivity index (χ0) is 74.4. The highest BCUT2D eigenvalue weighted by Crippen LogP contribution is 2.45. The summed E-state index contributed by atoms with van der Waals surface area (Å²) in [6.07, 6.45) is 60.9. The van der Waals surface area contributed by atoms with Crippen LogP contribution >= 0.6 is 15.6 Å². The summed E-state index contributed by atoms with van der Waals surface area (Å²) in [6.45, 7) is 12.0. The third-order valence-corrected chi connectivity index (χ3v) is 21.4. The van der Waals surface area contributed by atoms with Gasteiger partial charge >= 0.3 is 39.5 Å². The van der Waals surface area contributed by atoms with Gasteiger partial charge in [0.1, 0.15) is 19.3 Å². The van der Waals surface area contributed by atoms with Crippen molar-refractivity contribution in [3.63, 3.8) is 0 Å². The van der Waals surface area contributed by atoms with Crippen LogP contribution in [0.5, 0.6) is 0 Å². The van der Waals surface area contributed by atoms with E-state index in [-0.39, 0.29) is 25.7 Å². The molecule has 0 spiro atoms. The van der Waals surface area contributed by atoms with E-state index in [1.807, 2.05) is 0 Å². The van der Waals surface area contributed by atoms with Crippen molar-refractivity contribution >= 4 is 39.5 Å². The van der Waals surface area contributed by atoms with E-state index in [1.165, 1.54) is 238 Å². The number of carbonyl (C=O) groups is 4. The second kappa shape index (κ2) is 72.3. The Hall–Kier alpha value is -1.94. The number of rotatable bonds is 80. The third kappa shape index (κ3) is 74.7. The molecule has 0 radical (unpaired) electrons. The van der Waals surface area contributed by atoms with Gasteiger partial charge in [0.05, 0.1) is 26.4 Å². The smallest absolute Gasteiger partial charge is 0.462 e. The Morgan fingerprint density at radius 2 is 0.505 bits per heavy atom. The van der Waals surface area contributed by atoms with Crippen LogP contribution < -0.4 is 0 Å². The number of carbonyl (C=O) groups excluding carboxylic acids is 4. The Morgan fingerprint density at radius 1 is 0.287 bits per heavy atom. The lowest BCUT2D eigenvalue weighted by Gasteiger charge is -2.21. The molecule has 17 nitrogen and oxygen atoms in total. The minimum absolute atomic E-state index is 0.108. The normalized spacial score (nSPS) is 14.2. The Bertz CT molecular complexity index is 1960. The van der Waals surface area contributed by atoms with Gasteiger partial charge in [-0.15, -0.1) is 0 Å². The van der Waals surface area contributed by atoms with Gasteiger partial charge in [0.2, 0.25) is 0 Å². The highest BCUT2D eigenvalue weighted by Gasteiger charge is 2.30. The van der Waals surface area contributed by atoms with E-state index in [0.717, 1.165) is 108 Å². The predicted octanol–water partition coefficient (Wildman–Crippen LogP) is 24.5. The minimum atomic E-state index is -4.96. The molecule has 0 fully saturated rings. The summed E-state index contributed by atoms with van der Waals surface area (Å²) in [5.74, 6) is 0.264. The molecule has 0 amide bonds. The van der Waals surface area contributed by atoms with E-state index in [4.69, 9.17) is 37.0 Å². The predicted molar refractivity (Wildman–Crippen MR) is 414 cm³/mol. The van der Waals surface area contributed by atoms with Crippen LogP contribution in [-0.4, -0.2) is 96.7 Å². The van der Waals surface area contributed by atoms with Crippen molar-refractivity contribution < 1.29 is 80.2 Å². The Morgan fingerprint density at radius 3 is 0.752 bits per heavy atom. The van der Waals surface area contributed by atoms with Crippen LogP contribution in [0.1, 0.15) is 427 Å². The molecular weight excluding hydrogens is 1320 g/mol. The highest BCUT2D eigenvalue weighted by molar-refractivity contribution is 7.47. The number of phosphoric ester groups is 2. The second-order valence-electron chi connectivity index (χ2n) is 30.7. The number of unbranched alkanes of at least 4 members (excludes halogenated alkanes) is 47. The van der Waals surface area contributed by atoms with Crippen LogP contribution in [-0.2, 0) is 65.4 Å². The summed E-state index contributed by atoms with van der Waals surface area (Å²) in [6, 6.07) is 0. The molecule has 0 bridgehead atoms. The summed E-state index contributed by atoms with van der Waals surface area (Å²) in [7, 11) is -9.92. The van der Waals surface area contributed by atoms with Gasteiger partial charge in [-0.05, 0) is 43.4 Å². The standard InChI is InChI=1S/C82H160O17P2/c1-8-10-11-12-13-14-15-16-17-25-30-35-44-51-58-65-82(87)99-78(70-93-80(85)64-57-50-43-38-37-41-48-55-62-75(7)9-2)72-97-101(90,91)95-68-76(83)67-94-100(88,89)96-71-77(98-81(86)66-59-52-45-36-31-26-21-19-23-28-33-40-47-54-61-74(5)6)69-92-79(84)63-56-49-42-34-29-24-20-18-22-27-32-39-46-53-60-73(3)4/h73-78,83H,8-72H2,1-7H3,(H,88,89)(H,90,91)/t75?,76-,77-,78-/m1/s1. The third-order valence-electron chi connectivity index (χ3n) is 19.5. The maximum Gasteiger partial charge on any atom is 0.472 e. The monoisotopic (exact) mass is 1480 g/mol. The molecule has 19 heteroatoms. The van der Waals surface area contributed by atoms with Gasteiger partial charge in [0, 0.05) is 25.7 Å². The first kappa shape index (κ1) is 99.1. The average molecular weight is 1480 g/mol. The van der Waals surface area contributed by atoms with Gasteiger partial charge in [-0.1, -0.05) is 376 Å². The van der Waals surface area contributed by atoms with E-state index >= 15 is 0 Å². The van der Waals surface area contributed by atoms with E-state index in [2.05, 4.69) is 48.5 Å². The SMILES string of the molecule is CCCCCCCCCCCCCCCCCC(=O)O[C@H](COC(=O)CCCCCCCCCCC(C)CC)COP(=O)(O)OC[C@H](O)COP(=O)(O)OC[C@@H](COC(=O)CCCCCCCCCCCCCCCCC(C)C)OC(=O)CCCCCCCCCCCCCCCCC(C)C. The quantitative estimate of drug-likeness (QED) is 0.0222. The maximum atomic E-state index is 13.1. The lowest BCUT2D eigenvalue weighted by atomic mass is 9.99. The fourth-order valence-electron chi connectivity index (χ4n) is 12.6. The first-order valence-electron chi connectivity index (χ1n) is 42.4. The van der Waals surface area contributed by atoms with Gasteiger partial charge in [0.25, 0.3) is 0 Å². The van der Waals surface area contributed by atoms with Gasteiger partial charge < -0.3 is 33.8 Å². The molecule has 0 aromatic heterocycles. The number of ether oxygens (including phenoxy) is 4.